The Kier molecular flexibility index (Phi) is 7.29. The van der Waals surface area contributed by atoms with Gasteiger partial charge in [-0.1, -0.05) is 0 Å². The molecule has 1 fully saturated rings. The highest BCUT2D eigenvalue weighted by molar-refractivity contribution is 5.80. The molecule has 1 aromatic rings. The molecule has 0 saturated carbocycles. The largest absolute Gasteiger partial charge is 0.357 e. The van der Waals surface area contributed by atoms with Crippen LogP contribution in [-0.4, -0.2) is 59.9 Å². The van der Waals surface area contributed by atoms with Crippen molar-refractivity contribution in [2.24, 2.45) is 18.0 Å². The van der Waals surface area contributed by atoms with Gasteiger partial charge in [0.15, 0.2) is 5.96 Å². The van der Waals surface area contributed by atoms with Gasteiger partial charge in [-0.3, -0.25) is 9.67 Å². The molecule has 1 aliphatic heterocycles. The zero-order valence-electron chi connectivity index (χ0n) is 16.9. The van der Waals surface area contributed by atoms with Crippen LogP contribution in [0.15, 0.2) is 4.99 Å². The highest BCUT2D eigenvalue weighted by atomic mass is 15.3. The first-order valence-corrected chi connectivity index (χ1v) is 9.63. The van der Waals surface area contributed by atoms with Crippen LogP contribution in [0.1, 0.15) is 43.6 Å². The predicted octanol–water partition coefficient (Wildman–Crippen LogP) is 1.86. The van der Waals surface area contributed by atoms with Crippen LogP contribution in [0, 0.1) is 19.8 Å². The summed E-state index contributed by atoms with van der Waals surface area (Å²) in [7, 11) is 4.21. The van der Waals surface area contributed by atoms with E-state index in [4.69, 9.17) is 4.99 Å². The molecule has 142 valence electrons. The molecule has 25 heavy (non-hydrogen) atoms. The Morgan fingerprint density at radius 1 is 1.28 bits per heavy atom. The van der Waals surface area contributed by atoms with Gasteiger partial charge in [-0.2, -0.15) is 5.10 Å². The van der Waals surface area contributed by atoms with Gasteiger partial charge < -0.3 is 15.5 Å². The average Bonchev–Trinajstić information content (AvgIpc) is 2.80. The zero-order valence-corrected chi connectivity index (χ0v) is 16.9. The van der Waals surface area contributed by atoms with E-state index in [1.807, 2.05) is 11.7 Å². The monoisotopic (exact) mass is 348 g/mol. The maximum atomic E-state index is 4.85. The van der Waals surface area contributed by atoms with Gasteiger partial charge in [0.2, 0.25) is 0 Å². The number of aromatic nitrogens is 2. The van der Waals surface area contributed by atoms with Crippen LogP contribution in [0.3, 0.4) is 0 Å². The first kappa shape index (κ1) is 19.8. The molecule has 0 aromatic carbocycles. The molecular weight excluding hydrogens is 312 g/mol. The smallest absolute Gasteiger partial charge is 0.191 e. The van der Waals surface area contributed by atoms with Crippen LogP contribution >= 0.6 is 0 Å². The SMILES string of the molecule is CCNC(=NCC1CCN(C)CC1)NC(C)Cc1c(C)nn(C)c1C. The summed E-state index contributed by atoms with van der Waals surface area (Å²) in [4.78, 5) is 7.26. The highest BCUT2D eigenvalue weighted by Gasteiger charge is 2.17. The van der Waals surface area contributed by atoms with E-state index in [-0.39, 0.29) is 0 Å². The lowest BCUT2D eigenvalue weighted by molar-refractivity contribution is 0.223. The normalized spacial score (nSPS) is 18.4. The van der Waals surface area contributed by atoms with E-state index in [1.165, 1.54) is 37.2 Å². The third-order valence-corrected chi connectivity index (χ3v) is 5.24. The molecular formula is C19H36N6. The molecule has 2 N–H and O–H groups in total. The second kappa shape index (κ2) is 9.22. The van der Waals surface area contributed by atoms with Gasteiger partial charge in [0.05, 0.1) is 5.69 Å². The Morgan fingerprint density at radius 2 is 1.96 bits per heavy atom. The lowest BCUT2D eigenvalue weighted by Crippen LogP contribution is -2.43. The predicted molar refractivity (Wildman–Crippen MR) is 105 cm³/mol. The Hall–Kier alpha value is -1.56. The molecule has 0 amide bonds. The fraction of sp³-hybridized carbons (Fsp3) is 0.789. The van der Waals surface area contributed by atoms with Gasteiger partial charge in [0.1, 0.15) is 0 Å². The number of hydrogen-bond donors (Lipinski definition) is 2. The maximum absolute atomic E-state index is 4.85. The minimum atomic E-state index is 0.317. The number of aliphatic imine (C=N–C) groups is 1. The van der Waals surface area contributed by atoms with E-state index in [2.05, 4.69) is 55.4 Å². The second-order valence-corrected chi connectivity index (χ2v) is 7.49. The standard InChI is InChI=1S/C19H36N6/c1-7-20-19(21-13-17-8-10-24(5)11-9-17)22-14(2)12-18-15(3)23-25(6)16(18)4/h14,17H,7-13H2,1-6H3,(H2,20,21,22). The summed E-state index contributed by atoms with van der Waals surface area (Å²) in [6.07, 6.45) is 3.47. The molecule has 0 spiro atoms. The summed E-state index contributed by atoms with van der Waals surface area (Å²) in [5.74, 6) is 1.65. The molecule has 6 heteroatoms. The number of nitrogens with zero attached hydrogens (tertiary/aromatic N) is 4. The van der Waals surface area contributed by atoms with E-state index in [0.717, 1.165) is 31.2 Å². The molecule has 1 saturated heterocycles. The van der Waals surface area contributed by atoms with Gasteiger partial charge in [0.25, 0.3) is 0 Å². The van der Waals surface area contributed by atoms with Gasteiger partial charge in [-0.25, -0.2) is 0 Å². The molecule has 2 heterocycles. The number of piperidine rings is 1. The van der Waals surface area contributed by atoms with Crippen molar-refractivity contribution >= 4 is 5.96 Å². The van der Waals surface area contributed by atoms with Crippen molar-refractivity contribution in [1.82, 2.24) is 25.3 Å². The summed E-state index contributed by atoms with van der Waals surface area (Å²) < 4.78 is 1.97. The Labute approximate surface area is 153 Å². The maximum Gasteiger partial charge on any atom is 0.191 e. The minimum absolute atomic E-state index is 0.317. The Balaban J connectivity index is 1.91. The van der Waals surface area contributed by atoms with E-state index >= 15 is 0 Å². The first-order chi connectivity index (χ1) is 11.9. The summed E-state index contributed by atoms with van der Waals surface area (Å²) in [5.41, 5.74) is 3.72. The Bertz CT molecular complexity index is 569. The molecule has 0 radical (unpaired) electrons. The summed E-state index contributed by atoms with van der Waals surface area (Å²) >= 11 is 0. The van der Waals surface area contributed by atoms with Crippen molar-refractivity contribution in [2.45, 2.75) is 53.0 Å². The number of nitrogens with one attached hydrogen (secondary N) is 2. The Morgan fingerprint density at radius 3 is 2.52 bits per heavy atom. The molecule has 0 aliphatic carbocycles. The fourth-order valence-corrected chi connectivity index (χ4v) is 3.49. The minimum Gasteiger partial charge on any atom is -0.357 e. The van der Waals surface area contributed by atoms with Crippen LogP contribution in [0.25, 0.3) is 0 Å². The molecule has 6 nitrogen and oxygen atoms in total. The van der Waals surface area contributed by atoms with Gasteiger partial charge >= 0.3 is 0 Å². The van der Waals surface area contributed by atoms with Crippen molar-refractivity contribution in [2.75, 3.05) is 33.2 Å². The van der Waals surface area contributed by atoms with E-state index < -0.39 is 0 Å². The first-order valence-electron chi connectivity index (χ1n) is 9.63. The molecule has 0 bridgehead atoms. The topological polar surface area (TPSA) is 57.5 Å². The number of guanidine groups is 1. The van der Waals surface area contributed by atoms with Gasteiger partial charge in [0, 0.05) is 31.9 Å². The van der Waals surface area contributed by atoms with Crippen LogP contribution in [0.5, 0.6) is 0 Å². The molecule has 2 rings (SSSR count). The van der Waals surface area contributed by atoms with E-state index in [0.29, 0.717) is 12.0 Å². The summed E-state index contributed by atoms with van der Waals surface area (Å²) in [6.45, 7) is 12.8. The fourth-order valence-electron chi connectivity index (χ4n) is 3.49. The van der Waals surface area contributed by atoms with Crippen LogP contribution in [0.2, 0.25) is 0 Å². The summed E-state index contributed by atoms with van der Waals surface area (Å²) in [5, 5.41) is 11.5. The molecule has 1 aromatic heterocycles. The van der Waals surface area contributed by atoms with Crippen molar-refractivity contribution in [3.05, 3.63) is 17.0 Å². The lowest BCUT2D eigenvalue weighted by atomic mass is 9.97. The van der Waals surface area contributed by atoms with E-state index in [9.17, 15) is 0 Å². The average molecular weight is 349 g/mol. The van der Waals surface area contributed by atoms with Gasteiger partial charge in [-0.05, 0) is 78.6 Å². The third-order valence-electron chi connectivity index (χ3n) is 5.24. The zero-order chi connectivity index (χ0) is 18.4. The second-order valence-electron chi connectivity index (χ2n) is 7.49. The van der Waals surface area contributed by atoms with Crippen LogP contribution < -0.4 is 10.6 Å². The summed E-state index contributed by atoms with van der Waals surface area (Å²) in [6, 6.07) is 0.317. The van der Waals surface area contributed by atoms with Crippen molar-refractivity contribution < 1.29 is 0 Å². The van der Waals surface area contributed by atoms with E-state index in [1.54, 1.807) is 0 Å². The van der Waals surface area contributed by atoms with Crippen LogP contribution in [0.4, 0.5) is 0 Å². The molecule has 1 aliphatic rings. The van der Waals surface area contributed by atoms with Crippen LogP contribution in [-0.2, 0) is 13.5 Å². The quantitative estimate of drug-likeness (QED) is 0.609. The number of hydrogen-bond acceptors (Lipinski definition) is 3. The molecule has 1 unspecified atom stereocenters. The van der Waals surface area contributed by atoms with Gasteiger partial charge in [-0.15, -0.1) is 0 Å². The third kappa shape index (κ3) is 5.73. The van der Waals surface area contributed by atoms with Crippen molar-refractivity contribution in [1.29, 1.82) is 0 Å². The van der Waals surface area contributed by atoms with Crippen molar-refractivity contribution in [3.63, 3.8) is 0 Å². The van der Waals surface area contributed by atoms with Crippen molar-refractivity contribution in [3.8, 4) is 0 Å². The molecule has 1 atom stereocenters. The highest BCUT2D eigenvalue weighted by Crippen LogP contribution is 2.16. The number of likely N-dealkylation sites (tertiary alicyclic amines) is 1. The lowest BCUT2D eigenvalue weighted by Gasteiger charge is -2.28. The number of rotatable bonds is 6. The number of aryl methyl sites for hydroxylation is 2.